The van der Waals surface area contributed by atoms with Gasteiger partial charge < -0.3 is 4.74 Å². The summed E-state index contributed by atoms with van der Waals surface area (Å²) >= 11 is 1.24. The van der Waals surface area contributed by atoms with Crippen LogP contribution in [0.4, 0.5) is 0 Å². The summed E-state index contributed by atoms with van der Waals surface area (Å²) in [6.07, 6.45) is 1.95. The van der Waals surface area contributed by atoms with Gasteiger partial charge in [-0.15, -0.1) is 0 Å². The van der Waals surface area contributed by atoms with Crippen molar-refractivity contribution in [3.63, 3.8) is 0 Å². The third-order valence-electron chi connectivity index (χ3n) is 12.0. The summed E-state index contributed by atoms with van der Waals surface area (Å²) in [5.74, 6) is -2.71. The van der Waals surface area contributed by atoms with Gasteiger partial charge in [-0.3, -0.25) is 23.9 Å². The number of imide groups is 1. The first-order valence-electron chi connectivity index (χ1n) is 18.6. The molecule has 2 bridgehead atoms. The van der Waals surface area contributed by atoms with Crippen LogP contribution in [-0.2, 0) is 31.1 Å². The topological polar surface area (TPSA) is 98.0 Å². The zero-order valence-corrected chi connectivity index (χ0v) is 31.0. The van der Waals surface area contributed by atoms with E-state index in [0.717, 1.165) is 44.2 Å². The Labute approximate surface area is 320 Å². The molecule has 11 rings (SSSR count). The highest BCUT2D eigenvalue weighted by atomic mass is 32.1. The van der Waals surface area contributed by atoms with Crippen LogP contribution in [0.1, 0.15) is 59.2 Å². The molecule has 8 nitrogen and oxygen atoms in total. The highest BCUT2D eigenvalue weighted by Gasteiger charge is 2.67. The number of hydrogen-bond acceptors (Lipinski definition) is 7. The van der Waals surface area contributed by atoms with Gasteiger partial charge in [0.1, 0.15) is 0 Å². The van der Waals surface area contributed by atoms with Crippen LogP contribution in [0.25, 0.3) is 16.8 Å². The molecule has 5 aliphatic rings. The maximum absolute atomic E-state index is 15.2. The number of fused-ring (bicyclic) bond motifs is 2. The molecular weight excluding hydrogens is 707 g/mol. The van der Waals surface area contributed by atoms with Crippen molar-refractivity contribution in [3.8, 4) is 0 Å². The molecule has 3 atom stereocenters. The number of likely N-dealkylation sites (tertiary alicyclic amines) is 1. The number of carbonyl (C=O) groups is 3. The van der Waals surface area contributed by atoms with E-state index in [2.05, 4.69) is 12.1 Å². The Morgan fingerprint density at radius 3 is 2.16 bits per heavy atom. The van der Waals surface area contributed by atoms with Crippen molar-refractivity contribution in [1.29, 1.82) is 0 Å². The number of allylic oxidation sites excluding steroid dienone is 1. The van der Waals surface area contributed by atoms with Crippen molar-refractivity contribution in [2.75, 3.05) is 6.61 Å². The maximum Gasteiger partial charge on any atom is 0.338 e. The van der Waals surface area contributed by atoms with Crippen molar-refractivity contribution in [2.45, 2.75) is 37.8 Å². The predicted molar refractivity (Wildman–Crippen MR) is 210 cm³/mol. The first-order chi connectivity index (χ1) is 26.8. The number of amides is 2. The van der Waals surface area contributed by atoms with Gasteiger partial charge in [-0.25, -0.2) is 9.79 Å². The van der Waals surface area contributed by atoms with Gasteiger partial charge >= 0.3 is 5.97 Å². The molecule has 270 valence electrons. The minimum Gasteiger partial charge on any atom is -0.463 e. The van der Waals surface area contributed by atoms with Crippen LogP contribution in [0, 0.1) is 11.8 Å². The first kappa shape index (κ1) is 33.4. The number of ether oxygens (including phenoxy) is 1. The summed E-state index contributed by atoms with van der Waals surface area (Å²) in [5, 5.41) is 1.88. The van der Waals surface area contributed by atoms with Gasteiger partial charge in [0.2, 0.25) is 11.8 Å². The Morgan fingerprint density at radius 2 is 1.44 bits per heavy atom. The molecule has 2 aliphatic heterocycles. The van der Waals surface area contributed by atoms with E-state index in [-0.39, 0.29) is 36.4 Å². The summed E-state index contributed by atoms with van der Waals surface area (Å²) in [4.78, 5) is 65.3. The third kappa shape index (κ3) is 4.66. The molecule has 1 aromatic heterocycles. The monoisotopic (exact) mass is 741 g/mol. The standard InChI is InChI=1S/C46H35N3O5S/c1-3-54-44(53)36-26(2)47-45-49(40(36)30-21-13-17-28-16-7-8-18-29(28)30)41(50)35(55-45)24-46-33-22-11-9-19-31(33)37(32-20-10-12-23-34(32)46)38-39(46)43(52)48(42(38)51)25-27-14-5-4-6-15-27/h4-24,37-40H,3,25H2,1-2H3/b35-24+/t37?,38-,39-,40+,46?/m0/s1. The lowest BCUT2D eigenvalue weighted by molar-refractivity contribution is -0.141. The number of carbonyl (C=O) groups excluding carboxylic acids is 3. The molecule has 2 amide bonds. The summed E-state index contributed by atoms with van der Waals surface area (Å²) < 4.78 is 7.58. The van der Waals surface area contributed by atoms with E-state index in [1.54, 1.807) is 18.4 Å². The summed E-state index contributed by atoms with van der Waals surface area (Å²) in [7, 11) is 0. The fraction of sp³-hybridized carbons (Fsp3) is 0.196. The normalized spacial score (nSPS) is 23.7. The van der Waals surface area contributed by atoms with Gasteiger partial charge in [-0.2, -0.15) is 0 Å². The van der Waals surface area contributed by atoms with E-state index in [1.807, 2.05) is 115 Å². The lowest BCUT2D eigenvalue weighted by Gasteiger charge is -2.53. The highest BCUT2D eigenvalue weighted by molar-refractivity contribution is 7.07. The zero-order valence-electron chi connectivity index (χ0n) is 30.1. The molecule has 3 aliphatic carbocycles. The van der Waals surface area contributed by atoms with Crippen LogP contribution < -0.4 is 14.9 Å². The second kappa shape index (κ2) is 12.4. The van der Waals surface area contributed by atoms with E-state index < -0.39 is 29.3 Å². The summed E-state index contributed by atoms with van der Waals surface area (Å²) in [5.41, 5.74) is 4.78. The Morgan fingerprint density at radius 1 is 0.800 bits per heavy atom. The third-order valence-corrected chi connectivity index (χ3v) is 12.9. The second-order valence-electron chi connectivity index (χ2n) is 14.6. The van der Waals surface area contributed by atoms with Gasteiger partial charge in [0.25, 0.3) is 5.56 Å². The first-order valence-corrected chi connectivity index (χ1v) is 19.4. The van der Waals surface area contributed by atoms with Crippen LogP contribution in [0.3, 0.4) is 0 Å². The lowest BCUT2D eigenvalue weighted by atomic mass is 9.47. The molecule has 1 saturated heterocycles. The zero-order chi connectivity index (χ0) is 37.6. The molecule has 0 N–H and O–H groups in total. The molecule has 6 aromatic rings. The van der Waals surface area contributed by atoms with Crippen LogP contribution in [-0.4, -0.2) is 33.9 Å². The SMILES string of the molecule is CCOC(=O)C1=C(C)N=c2s/c(=C/C34c5ccccc5C(c5ccccc53)[C@@H]3C(=O)N(Cc5ccccc5)C(=O)[C@H]34)c(=O)n2[C@@H]1c1cccc2ccccc12. The minimum atomic E-state index is -1.14. The maximum atomic E-state index is 15.2. The number of thiazole rings is 1. The number of rotatable bonds is 6. The number of nitrogens with zero attached hydrogens (tertiary/aromatic N) is 3. The number of benzene rings is 5. The van der Waals surface area contributed by atoms with Crippen molar-refractivity contribution in [3.05, 3.63) is 186 Å². The molecule has 0 radical (unpaired) electrons. The average Bonchev–Trinajstić information content (AvgIpc) is 3.65. The van der Waals surface area contributed by atoms with Crippen molar-refractivity contribution in [2.24, 2.45) is 16.8 Å². The second-order valence-corrected chi connectivity index (χ2v) is 15.7. The van der Waals surface area contributed by atoms with Crippen LogP contribution in [0.15, 0.2) is 142 Å². The molecular formula is C46H35N3O5S. The minimum absolute atomic E-state index is 0.168. The van der Waals surface area contributed by atoms with Crippen molar-refractivity contribution >= 4 is 46.0 Å². The molecule has 0 saturated carbocycles. The molecule has 1 fully saturated rings. The van der Waals surface area contributed by atoms with Crippen LogP contribution in [0.5, 0.6) is 0 Å². The number of hydrogen-bond donors (Lipinski definition) is 0. The van der Waals surface area contributed by atoms with E-state index in [0.29, 0.717) is 20.6 Å². The quantitative estimate of drug-likeness (QED) is 0.151. The van der Waals surface area contributed by atoms with E-state index in [9.17, 15) is 14.4 Å². The Kier molecular flexibility index (Phi) is 7.54. The molecule has 55 heavy (non-hydrogen) atoms. The summed E-state index contributed by atoms with van der Waals surface area (Å²) in [6, 6.07) is 38.7. The lowest BCUT2D eigenvalue weighted by Crippen LogP contribution is -2.53. The molecule has 5 aromatic carbocycles. The van der Waals surface area contributed by atoms with Gasteiger partial charge in [0.05, 0.1) is 52.2 Å². The number of aromatic nitrogens is 1. The largest absolute Gasteiger partial charge is 0.463 e. The van der Waals surface area contributed by atoms with Gasteiger partial charge in [0.15, 0.2) is 4.80 Å². The van der Waals surface area contributed by atoms with Gasteiger partial charge in [-0.05, 0) is 64.1 Å². The Bertz CT molecular complexity index is 2800. The molecule has 3 heterocycles. The van der Waals surface area contributed by atoms with Crippen molar-refractivity contribution < 1.29 is 19.1 Å². The number of esters is 1. The average molecular weight is 742 g/mol. The van der Waals surface area contributed by atoms with Crippen LogP contribution >= 0.6 is 11.3 Å². The van der Waals surface area contributed by atoms with E-state index >= 15 is 4.79 Å². The summed E-state index contributed by atoms with van der Waals surface area (Å²) in [6.45, 7) is 3.88. The van der Waals surface area contributed by atoms with E-state index in [4.69, 9.17) is 9.73 Å². The van der Waals surface area contributed by atoms with Gasteiger partial charge in [-0.1, -0.05) is 133 Å². The molecule has 0 unspecified atom stereocenters. The fourth-order valence-corrected chi connectivity index (χ4v) is 10.9. The fourth-order valence-electron chi connectivity index (χ4n) is 9.84. The smallest absolute Gasteiger partial charge is 0.338 e. The Hall–Kier alpha value is -6.19. The Balaban J connectivity index is 1.24. The van der Waals surface area contributed by atoms with E-state index in [1.165, 1.54) is 16.2 Å². The van der Waals surface area contributed by atoms with Gasteiger partial charge in [0, 0.05) is 5.92 Å². The van der Waals surface area contributed by atoms with Crippen molar-refractivity contribution in [1.82, 2.24) is 9.47 Å². The highest BCUT2D eigenvalue weighted by Crippen LogP contribution is 2.64. The van der Waals surface area contributed by atoms with Crippen LogP contribution in [0.2, 0.25) is 0 Å². The molecule has 9 heteroatoms. The molecule has 0 spiro atoms. The predicted octanol–water partition coefficient (Wildman–Crippen LogP) is 6.15.